The van der Waals surface area contributed by atoms with Crippen molar-refractivity contribution in [3.63, 3.8) is 0 Å². The standard InChI is InChI=1S/C20H16BrClN2O3S/c21-15-6-10-17(11-7-15)23-20(25)14-24(18-12-8-16(22)9-13-18)28(26,27)19-4-2-1-3-5-19/h1-13H,14H2,(H,23,25). The van der Waals surface area contributed by atoms with Crippen LogP contribution in [-0.2, 0) is 14.8 Å². The second-order valence-corrected chi connectivity index (χ2v) is 9.07. The van der Waals surface area contributed by atoms with Crippen molar-refractivity contribution < 1.29 is 13.2 Å². The van der Waals surface area contributed by atoms with Crippen LogP contribution < -0.4 is 9.62 Å². The van der Waals surface area contributed by atoms with E-state index in [1.54, 1.807) is 66.7 Å². The summed E-state index contributed by atoms with van der Waals surface area (Å²) in [5, 5.41) is 3.18. The van der Waals surface area contributed by atoms with Gasteiger partial charge < -0.3 is 5.32 Å². The van der Waals surface area contributed by atoms with Gasteiger partial charge in [-0.25, -0.2) is 8.42 Å². The zero-order valence-corrected chi connectivity index (χ0v) is 17.7. The van der Waals surface area contributed by atoms with Gasteiger partial charge >= 0.3 is 0 Å². The highest BCUT2D eigenvalue weighted by Crippen LogP contribution is 2.25. The Bertz CT molecular complexity index is 1060. The van der Waals surface area contributed by atoms with Crippen molar-refractivity contribution in [2.24, 2.45) is 0 Å². The largest absolute Gasteiger partial charge is 0.325 e. The highest BCUT2D eigenvalue weighted by Gasteiger charge is 2.27. The van der Waals surface area contributed by atoms with Gasteiger partial charge in [-0.05, 0) is 60.7 Å². The molecule has 1 amide bonds. The summed E-state index contributed by atoms with van der Waals surface area (Å²) in [5.41, 5.74) is 0.917. The third-order valence-corrected chi connectivity index (χ3v) is 6.43. The van der Waals surface area contributed by atoms with Crippen LogP contribution in [0.3, 0.4) is 0 Å². The molecule has 0 unspecified atom stereocenters. The summed E-state index contributed by atoms with van der Waals surface area (Å²) in [5.74, 6) is -0.461. The molecule has 3 rings (SSSR count). The van der Waals surface area contributed by atoms with Gasteiger partial charge in [-0.1, -0.05) is 45.7 Å². The molecule has 0 fully saturated rings. The van der Waals surface area contributed by atoms with Gasteiger partial charge in [0.1, 0.15) is 6.54 Å². The first-order valence-electron chi connectivity index (χ1n) is 8.25. The Morgan fingerprint density at radius 2 is 1.54 bits per heavy atom. The van der Waals surface area contributed by atoms with E-state index in [-0.39, 0.29) is 11.4 Å². The van der Waals surface area contributed by atoms with Gasteiger partial charge in [0.2, 0.25) is 5.91 Å². The number of nitrogens with zero attached hydrogens (tertiary/aromatic N) is 1. The highest BCUT2D eigenvalue weighted by molar-refractivity contribution is 9.10. The van der Waals surface area contributed by atoms with E-state index in [1.807, 2.05) is 0 Å². The first-order valence-corrected chi connectivity index (χ1v) is 10.9. The van der Waals surface area contributed by atoms with Crippen molar-refractivity contribution in [1.82, 2.24) is 0 Å². The molecular weight excluding hydrogens is 464 g/mol. The SMILES string of the molecule is O=C(CN(c1ccc(Cl)cc1)S(=O)(=O)c1ccccc1)Nc1ccc(Br)cc1. The molecule has 0 heterocycles. The van der Waals surface area contributed by atoms with Crippen LogP contribution in [0.4, 0.5) is 11.4 Å². The highest BCUT2D eigenvalue weighted by atomic mass is 79.9. The van der Waals surface area contributed by atoms with Gasteiger partial charge in [-0.15, -0.1) is 0 Å². The van der Waals surface area contributed by atoms with Gasteiger partial charge in [0, 0.05) is 15.2 Å². The maximum Gasteiger partial charge on any atom is 0.264 e. The van der Waals surface area contributed by atoms with Crippen molar-refractivity contribution in [3.05, 3.63) is 88.4 Å². The maximum absolute atomic E-state index is 13.2. The lowest BCUT2D eigenvalue weighted by Crippen LogP contribution is -2.38. The van der Waals surface area contributed by atoms with Gasteiger partial charge in [0.25, 0.3) is 10.0 Å². The lowest BCUT2D eigenvalue weighted by molar-refractivity contribution is -0.114. The van der Waals surface area contributed by atoms with Crippen LogP contribution in [0.1, 0.15) is 0 Å². The molecule has 0 bridgehead atoms. The third-order valence-electron chi connectivity index (χ3n) is 3.86. The molecule has 0 saturated heterocycles. The molecule has 0 saturated carbocycles. The van der Waals surface area contributed by atoms with Crippen LogP contribution in [0.25, 0.3) is 0 Å². The lowest BCUT2D eigenvalue weighted by atomic mass is 10.3. The summed E-state index contributed by atoms with van der Waals surface area (Å²) >= 11 is 9.25. The van der Waals surface area contributed by atoms with Crippen LogP contribution in [0.2, 0.25) is 5.02 Å². The van der Waals surface area contributed by atoms with Crippen molar-refractivity contribution in [1.29, 1.82) is 0 Å². The second kappa shape index (κ2) is 8.77. The van der Waals surface area contributed by atoms with E-state index in [0.717, 1.165) is 8.78 Å². The minimum absolute atomic E-state index is 0.0985. The van der Waals surface area contributed by atoms with E-state index in [9.17, 15) is 13.2 Å². The third kappa shape index (κ3) is 4.92. The van der Waals surface area contributed by atoms with E-state index in [4.69, 9.17) is 11.6 Å². The van der Waals surface area contributed by atoms with Crippen LogP contribution >= 0.6 is 27.5 Å². The van der Waals surface area contributed by atoms with Crippen LogP contribution in [-0.4, -0.2) is 20.9 Å². The Morgan fingerprint density at radius 3 is 2.14 bits per heavy atom. The summed E-state index contributed by atoms with van der Waals surface area (Å²) in [6.07, 6.45) is 0. The second-order valence-electron chi connectivity index (χ2n) is 5.86. The molecule has 5 nitrogen and oxygen atoms in total. The van der Waals surface area contributed by atoms with E-state index in [1.165, 1.54) is 12.1 Å². The topological polar surface area (TPSA) is 66.5 Å². The molecule has 0 radical (unpaired) electrons. The lowest BCUT2D eigenvalue weighted by Gasteiger charge is -2.24. The van der Waals surface area contributed by atoms with E-state index < -0.39 is 15.9 Å². The number of halogens is 2. The molecule has 8 heteroatoms. The predicted molar refractivity (Wildman–Crippen MR) is 115 cm³/mol. The molecule has 0 atom stereocenters. The molecule has 3 aromatic rings. The van der Waals surface area contributed by atoms with Crippen molar-refractivity contribution in [2.75, 3.05) is 16.2 Å². The number of nitrogens with one attached hydrogen (secondary N) is 1. The van der Waals surface area contributed by atoms with E-state index in [0.29, 0.717) is 16.4 Å². The average Bonchev–Trinajstić information content (AvgIpc) is 2.69. The Kier molecular flexibility index (Phi) is 6.39. The number of rotatable bonds is 6. The van der Waals surface area contributed by atoms with E-state index in [2.05, 4.69) is 21.2 Å². The monoisotopic (exact) mass is 478 g/mol. The molecule has 144 valence electrons. The number of benzene rings is 3. The van der Waals surface area contributed by atoms with Crippen molar-refractivity contribution in [3.8, 4) is 0 Å². The van der Waals surface area contributed by atoms with E-state index >= 15 is 0 Å². The minimum Gasteiger partial charge on any atom is -0.325 e. The summed E-state index contributed by atoms with van der Waals surface area (Å²) in [6.45, 7) is -0.380. The van der Waals surface area contributed by atoms with Crippen LogP contribution in [0.15, 0.2) is 88.2 Å². The number of carbonyl (C=O) groups is 1. The molecule has 0 aliphatic carbocycles. The Labute approximate surface area is 177 Å². The fourth-order valence-corrected chi connectivity index (χ4v) is 4.34. The normalized spacial score (nSPS) is 11.1. The number of hydrogen-bond acceptors (Lipinski definition) is 3. The van der Waals surface area contributed by atoms with Crippen molar-refractivity contribution >= 4 is 54.8 Å². The van der Waals surface area contributed by atoms with Crippen LogP contribution in [0, 0.1) is 0 Å². The molecule has 0 spiro atoms. The molecule has 0 aliphatic rings. The summed E-state index contributed by atoms with van der Waals surface area (Å²) in [7, 11) is -3.94. The minimum atomic E-state index is -3.94. The summed E-state index contributed by atoms with van der Waals surface area (Å²) < 4.78 is 28.3. The van der Waals surface area contributed by atoms with Crippen molar-refractivity contribution in [2.45, 2.75) is 4.90 Å². The summed E-state index contributed by atoms with van der Waals surface area (Å²) in [4.78, 5) is 12.7. The first kappa shape index (κ1) is 20.4. The molecule has 1 N–H and O–H groups in total. The Balaban J connectivity index is 1.91. The van der Waals surface area contributed by atoms with Gasteiger partial charge in [0.05, 0.1) is 10.6 Å². The fraction of sp³-hybridized carbons (Fsp3) is 0.0500. The summed E-state index contributed by atoms with van der Waals surface area (Å²) in [6, 6.07) is 21.3. The molecular formula is C20H16BrClN2O3S. The van der Waals surface area contributed by atoms with Gasteiger partial charge in [-0.3, -0.25) is 9.10 Å². The number of anilines is 2. The number of sulfonamides is 1. The molecule has 28 heavy (non-hydrogen) atoms. The van der Waals surface area contributed by atoms with Crippen LogP contribution in [0.5, 0.6) is 0 Å². The molecule has 0 aromatic heterocycles. The Morgan fingerprint density at radius 1 is 0.929 bits per heavy atom. The number of carbonyl (C=O) groups excluding carboxylic acids is 1. The molecule has 0 aliphatic heterocycles. The molecule has 3 aromatic carbocycles. The number of amides is 1. The van der Waals surface area contributed by atoms with Gasteiger partial charge in [0.15, 0.2) is 0 Å². The maximum atomic E-state index is 13.2. The number of hydrogen-bond donors (Lipinski definition) is 1. The predicted octanol–water partition coefficient (Wildman–Crippen LogP) is 4.94. The zero-order chi connectivity index (χ0) is 20.1. The fourth-order valence-electron chi connectivity index (χ4n) is 2.51. The average molecular weight is 480 g/mol. The quantitative estimate of drug-likeness (QED) is 0.545. The first-order chi connectivity index (χ1) is 13.4. The Hall–Kier alpha value is -2.35. The van der Waals surface area contributed by atoms with Gasteiger partial charge in [-0.2, -0.15) is 0 Å². The smallest absolute Gasteiger partial charge is 0.264 e. The zero-order valence-electron chi connectivity index (χ0n) is 14.5.